The van der Waals surface area contributed by atoms with E-state index in [1.165, 1.54) is 0 Å². The summed E-state index contributed by atoms with van der Waals surface area (Å²) in [7, 11) is 0. The van der Waals surface area contributed by atoms with E-state index in [2.05, 4.69) is 38.3 Å². The van der Waals surface area contributed by atoms with Crippen LogP contribution in [0.2, 0.25) is 0 Å². The van der Waals surface area contributed by atoms with Gasteiger partial charge in [0.15, 0.2) is 0 Å². The SMILES string of the molecule is CC(CNC1CC(=O)NC1=O)C(C)(C)C. The van der Waals surface area contributed by atoms with Crippen molar-refractivity contribution < 1.29 is 9.59 Å². The zero-order chi connectivity index (χ0) is 11.6. The van der Waals surface area contributed by atoms with E-state index in [4.69, 9.17) is 0 Å². The molecule has 0 radical (unpaired) electrons. The first-order valence-corrected chi connectivity index (χ1v) is 5.38. The first-order chi connectivity index (χ1) is 6.80. The van der Waals surface area contributed by atoms with Crippen molar-refractivity contribution in [2.24, 2.45) is 11.3 Å². The maximum absolute atomic E-state index is 11.3. The molecular formula is C11H20N2O2. The Labute approximate surface area is 90.8 Å². The largest absolute Gasteiger partial charge is 0.305 e. The summed E-state index contributed by atoms with van der Waals surface area (Å²) in [6.45, 7) is 9.40. The van der Waals surface area contributed by atoms with Crippen molar-refractivity contribution in [3.63, 3.8) is 0 Å². The van der Waals surface area contributed by atoms with Crippen LogP contribution in [0.5, 0.6) is 0 Å². The first kappa shape index (κ1) is 12.2. The molecule has 2 unspecified atom stereocenters. The number of nitrogens with one attached hydrogen (secondary N) is 2. The Bertz CT molecular complexity index is 268. The summed E-state index contributed by atoms with van der Waals surface area (Å²) in [5, 5.41) is 5.42. The average molecular weight is 212 g/mol. The van der Waals surface area contributed by atoms with Gasteiger partial charge in [-0.2, -0.15) is 0 Å². The molecule has 0 aliphatic carbocycles. The predicted molar refractivity (Wildman–Crippen MR) is 58.2 cm³/mol. The molecule has 2 N–H and O–H groups in total. The highest BCUT2D eigenvalue weighted by molar-refractivity contribution is 6.05. The number of hydrogen-bond acceptors (Lipinski definition) is 3. The van der Waals surface area contributed by atoms with Crippen molar-refractivity contribution >= 4 is 11.8 Å². The summed E-state index contributed by atoms with van der Waals surface area (Å²) in [5.41, 5.74) is 0.214. The number of carbonyl (C=O) groups is 2. The summed E-state index contributed by atoms with van der Waals surface area (Å²) >= 11 is 0. The number of imide groups is 1. The molecule has 2 amide bonds. The maximum atomic E-state index is 11.3. The van der Waals surface area contributed by atoms with E-state index < -0.39 is 0 Å². The highest BCUT2D eigenvalue weighted by Crippen LogP contribution is 2.24. The molecule has 1 fully saturated rings. The third kappa shape index (κ3) is 3.30. The minimum atomic E-state index is -0.331. The molecular weight excluding hydrogens is 192 g/mol. The molecule has 0 bridgehead atoms. The fraction of sp³-hybridized carbons (Fsp3) is 0.818. The number of rotatable bonds is 3. The van der Waals surface area contributed by atoms with Gasteiger partial charge >= 0.3 is 0 Å². The highest BCUT2D eigenvalue weighted by atomic mass is 16.2. The van der Waals surface area contributed by atoms with Gasteiger partial charge in [-0.25, -0.2) is 0 Å². The quantitative estimate of drug-likeness (QED) is 0.676. The maximum Gasteiger partial charge on any atom is 0.244 e. The van der Waals surface area contributed by atoms with E-state index in [1.54, 1.807) is 0 Å². The van der Waals surface area contributed by atoms with Gasteiger partial charge in [0.05, 0.1) is 12.5 Å². The van der Waals surface area contributed by atoms with Crippen molar-refractivity contribution in [1.82, 2.24) is 10.6 Å². The predicted octanol–water partition coefficient (Wildman–Crippen LogP) is 0.673. The van der Waals surface area contributed by atoms with Gasteiger partial charge in [-0.05, 0) is 17.9 Å². The topological polar surface area (TPSA) is 58.2 Å². The van der Waals surface area contributed by atoms with Gasteiger partial charge in [0, 0.05) is 0 Å². The average Bonchev–Trinajstić information content (AvgIpc) is 2.39. The van der Waals surface area contributed by atoms with Gasteiger partial charge in [0.25, 0.3) is 0 Å². The molecule has 4 heteroatoms. The van der Waals surface area contributed by atoms with Crippen molar-refractivity contribution in [1.29, 1.82) is 0 Å². The molecule has 1 saturated heterocycles. The zero-order valence-corrected chi connectivity index (χ0v) is 9.89. The van der Waals surface area contributed by atoms with E-state index in [0.717, 1.165) is 6.54 Å². The summed E-state index contributed by atoms with van der Waals surface area (Å²) in [5.74, 6) is 0.0861. The van der Waals surface area contributed by atoms with Crippen LogP contribution in [0, 0.1) is 11.3 Å². The van der Waals surface area contributed by atoms with Crippen molar-refractivity contribution in [2.45, 2.75) is 40.2 Å². The minimum absolute atomic E-state index is 0.180. The van der Waals surface area contributed by atoms with E-state index in [1.807, 2.05) is 0 Å². The van der Waals surface area contributed by atoms with Gasteiger partial charge in [-0.1, -0.05) is 27.7 Å². The molecule has 0 aromatic carbocycles. The number of hydrogen-bond donors (Lipinski definition) is 2. The smallest absolute Gasteiger partial charge is 0.244 e. The normalized spacial score (nSPS) is 24.1. The lowest BCUT2D eigenvalue weighted by atomic mass is 9.82. The van der Waals surface area contributed by atoms with E-state index in [0.29, 0.717) is 5.92 Å². The summed E-state index contributed by atoms with van der Waals surface area (Å²) in [6.07, 6.45) is 0.274. The van der Waals surface area contributed by atoms with Crippen LogP contribution >= 0.6 is 0 Å². The number of amides is 2. The molecule has 0 spiro atoms. The third-order valence-electron chi connectivity index (χ3n) is 3.12. The molecule has 0 aromatic rings. The highest BCUT2D eigenvalue weighted by Gasteiger charge is 2.31. The Morgan fingerprint density at radius 3 is 2.47 bits per heavy atom. The zero-order valence-electron chi connectivity index (χ0n) is 9.89. The summed E-state index contributed by atoms with van der Waals surface area (Å²) < 4.78 is 0. The van der Waals surface area contributed by atoms with Crippen LogP contribution in [-0.2, 0) is 9.59 Å². The van der Waals surface area contributed by atoms with Crippen molar-refractivity contribution in [3.05, 3.63) is 0 Å². The van der Waals surface area contributed by atoms with Crippen LogP contribution in [0.15, 0.2) is 0 Å². The molecule has 1 heterocycles. The Morgan fingerprint density at radius 1 is 1.47 bits per heavy atom. The lowest BCUT2D eigenvalue weighted by Crippen LogP contribution is -2.40. The van der Waals surface area contributed by atoms with Crippen LogP contribution in [-0.4, -0.2) is 24.4 Å². The van der Waals surface area contributed by atoms with Crippen LogP contribution in [0.1, 0.15) is 34.1 Å². The molecule has 0 aromatic heterocycles. The lowest BCUT2D eigenvalue weighted by Gasteiger charge is -2.28. The molecule has 0 saturated carbocycles. The van der Waals surface area contributed by atoms with Crippen LogP contribution in [0.25, 0.3) is 0 Å². The molecule has 4 nitrogen and oxygen atoms in total. The fourth-order valence-corrected chi connectivity index (χ4v) is 1.34. The standard InChI is InChI=1S/C11H20N2O2/c1-7(11(2,3)4)6-12-8-5-9(14)13-10(8)15/h7-8,12H,5-6H2,1-4H3,(H,13,14,15). The van der Waals surface area contributed by atoms with Gasteiger partial charge in [-0.3, -0.25) is 14.9 Å². The van der Waals surface area contributed by atoms with Crippen molar-refractivity contribution in [2.75, 3.05) is 6.54 Å². The lowest BCUT2D eigenvalue weighted by molar-refractivity contribution is -0.125. The molecule has 1 rings (SSSR count). The first-order valence-electron chi connectivity index (χ1n) is 5.38. The minimum Gasteiger partial charge on any atom is -0.305 e. The Hall–Kier alpha value is -0.900. The van der Waals surface area contributed by atoms with Crippen LogP contribution < -0.4 is 10.6 Å². The molecule has 86 valence electrons. The van der Waals surface area contributed by atoms with Gasteiger partial charge in [0.1, 0.15) is 0 Å². The Kier molecular flexibility index (Phi) is 3.50. The molecule has 1 aliphatic rings. The van der Waals surface area contributed by atoms with E-state index in [-0.39, 0.29) is 29.7 Å². The van der Waals surface area contributed by atoms with E-state index >= 15 is 0 Å². The second kappa shape index (κ2) is 4.31. The second-order valence-corrected chi connectivity index (χ2v) is 5.34. The fourth-order valence-electron chi connectivity index (χ4n) is 1.34. The van der Waals surface area contributed by atoms with Crippen LogP contribution in [0.4, 0.5) is 0 Å². The van der Waals surface area contributed by atoms with Gasteiger partial charge in [-0.15, -0.1) is 0 Å². The third-order valence-corrected chi connectivity index (χ3v) is 3.12. The van der Waals surface area contributed by atoms with Crippen molar-refractivity contribution in [3.8, 4) is 0 Å². The van der Waals surface area contributed by atoms with Gasteiger partial charge < -0.3 is 5.32 Å². The molecule has 15 heavy (non-hydrogen) atoms. The Balaban J connectivity index is 2.38. The second-order valence-electron chi connectivity index (χ2n) is 5.34. The Morgan fingerprint density at radius 2 is 2.07 bits per heavy atom. The summed E-state index contributed by atoms with van der Waals surface area (Å²) in [4.78, 5) is 22.2. The summed E-state index contributed by atoms with van der Waals surface area (Å²) in [6, 6.07) is -0.331. The monoisotopic (exact) mass is 212 g/mol. The van der Waals surface area contributed by atoms with Crippen LogP contribution in [0.3, 0.4) is 0 Å². The molecule has 1 aliphatic heterocycles. The van der Waals surface area contributed by atoms with E-state index in [9.17, 15) is 9.59 Å². The number of carbonyl (C=O) groups excluding carboxylic acids is 2. The van der Waals surface area contributed by atoms with Gasteiger partial charge in [0.2, 0.25) is 11.8 Å². The molecule has 2 atom stereocenters.